The molecule has 0 unspecified atom stereocenters. The van der Waals surface area contributed by atoms with Crippen LogP contribution >= 0.6 is 0 Å². The van der Waals surface area contributed by atoms with Gasteiger partial charge in [-0.2, -0.15) is 18.2 Å². The van der Waals surface area contributed by atoms with E-state index in [1.165, 1.54) is 25.3 Å². The van der Waals surface area contributed by atoms with Crippen molar-refractivity contribution in [1.82, 2.24) is 9.97 Å². The second kappa shape index (κ2) is 7.95. The number of aromatic nitrogens is 2. The minimum Gasteiger partial charge on any atom is -0.340 e. The molecule has 0 bridgehead atoms. The number of hydrogen-bond donors (Lipinski definition) is 3. The number of alkyl halides is 3. The summed E-state index contributed by atoms with van der Waals surface area (Å²) in [5.74, 6) is 0.576. The van der Waals surface area contributed by atoms with Crippen LogP contribution in [-0.2, 0) is 11.0 Å². The smallest absolute Gasteiger partial charge is 0.340 e. The van der Waals surface area contributed by atoms with E-state index in [1.807, 2.05) is 0 Å². The lowest BCUT2D eigenvalue weighted by atomic mass is 10.2. The minimum atomic E-state index is -4.38. The van der Waals surface area contributed by atoms with Gasteiger partial charge in [0.2, 0.25) is 11.9 Å². The van der Waals surface area contributed by atoms with Crippen molar-refractivity contribution >= 4 is 34.7 Å². The maximum absolute atomic E-state index is 12.6. The Bertz CT molecular complexity index is 957. The third-order valence-electron chi connectivity index (χ3n) is 3.60. The standard InChI is InChI=1S/C19H16F3N5O/c1-12(28)24-14-6-8-15(9-7-14)25-17-10-11-23-18(27-17)26-16-4-2-13(3-5-16)19(20,21)22/h2-11H,1H3,(H,24,28)(H2,23,25,26,27). The van der Waals surface area contributed by atoms with E-state index in [2.05, 4.69) is 25.9 Å². The van der Waals surface area contributed by atoms with Crippen LogP contribution in [0.15, 0.2) is 60.8 Å². The van der Waals surface area contributed by atoms with Crippen molar-refractivity contribution in [2.24, 2.45) is 0 Å². The quantitative estimate of drug-likeness (QED) is 0.578. The zero-order valence-electron chi connectivity index (χ0n) is 14.7. The van der Waals surface area contributed by atoms with Gasteiger partial charge in [-0.3, -0.25) is 4.79 Å². The van der Waals surface area contributed by atoms with Crippen LogP contribution in [0, 0.1) is 0 Å². The van der Waals surface area contributed by atoms with Crippen molar-refractivity contribution < 1.29 is 18.0 Å². The van der Waals surface area contributed by atoms with Gasteiger partial charge in [-0.25, -0.2) is 4.98 Å². The molecule has 3 aromatic rings. The van der Waals surface area contributed by atoms with Gasteiger partial charge in [0.05, 0.1) is 5.56 Å². The van der Waals surface area contributed by atoms with E-state index in [0.717, 1.165) is 17.8 Å². The molecule has 0 fully saturated rings. The lowest BCUT2D eigenvalue weighted by Crippen LogP contribution is -2.05. The van der Waals surface area contributed by atoms with E-state index >= 15 is 0 Å². The van der Waals surface area contributed by atoms with Crippen LogP contribution in [0.25, 0.3) is 0 Å². The van der Waals surface area contributed by atoms with Gasteiger partial charge < -0.3 is 16.0 Å². The van der Waals surface area contributed by atoms with E-state index in [0.29, 0.717) is 17.2 Å². The Morgan fingerprint density at radius 2 is 1.43 bits per heavy atom. The lowest BCUT2D eigenvalue weighted by Gasteiger charge is -2.10. The van der Waals surface area contributed by atoms with Gasteiger partial charge in [0.15, 0.2) is 0 Å². The summed E-state index contributed by atoms with van der Waals surface area (Å²) in [5, 5.41) is 8.62. The SMILES string of the molecule is CC(=O)Nc1ccc(Nc2ccnc(Nc3ccc(C(F)(F)F)cc3)n2)cc1. The summed E-state index contributed by atoms with van der Waals surface area (Å²) in [6.07, 6.45) is -2.86. The number of benzene rings is 2. The Labute approximate surface area is 158 Å². The van der Waals surface area contributed by atoms with Gasteiger partial charge in [-0.1, -0.05) is 0 Å². The number of rotatable bonds is 5. The van der Waals surface area contributed by atoms with E-state index < -0.39 is 11.7 Å². The fourth-order valence-electron chi connectivity index (χ4n) is 2.35. The largest absolute Gasteiger partial charge is 0.416 e. The van der Waals surface area contributed by atoms with Gasteiger partial charge in [0.1, 0.15) is 5.82 Å². The first-order valence-electron chi connectivity index (χ1n) is 8.21. The average Bonchev–Trinajstić information content (AvgIpc) is 2.63. The summed E-state index contributed by atoms with van der Waals surface area (Å²) in [6, 6.07) is 13.3. The number of carbonyl (C=O) groups excluding carboxylic acids is 1. The Hall–Kier alpha value is -3.62. The van der Waals surface area contributed by atoms with Gasteiger partial charge in [0.25, 0.3) is 0 Å². The molecule has 6 nitrogen and oxygen atoms in total. The number of anilines is 5. The number of halogens is 3. The number of nitrogens with one attached hydrogen (secondary N) is 3. The van der Waals surface area contributed by atoms with Crippen LogP contribution in [0.5, 0.6) is 0 Å². The number of nitrogens with zero attached hydrogens (tertiary/aromatic N) is 2. The highest BCUT2D eigenvalue weighted by Gasteiger charge is 2.29. The zero-order valence-corrected chi connectivity index (χ0v) is 14.7. The topological polar surface area (TPSA) is 78.9 Å². The van der Waals surface area contributed by atoms with Crippen LogP contribution in [0.2, 0.25) is 0 Å². The molecule has 0 saturated heterocycles. The predicted octanol–water partition coefficient (Wildman–Crippen LogP) is 4.94. The number of amides is 1. The van der Waals surface area contributed by atoms with Crippen molar-refractivity contribution in [3.63, 3.8) is 0 Å². The molecule has 0 aliphatic heterocycles. The first kappa shape index (κ1) is 19.2. The number of hydrogen-bond acceptors (Lipinski definition) is 5. The molecule has 3 rings (SSSR count). The van der Waals surface area contributed by atoms with Crippen molar-refractivity contribution in [2.45, 2.75) is 13.1 Å². The minimum absolute atomic E-state index is 0.157. The van der Waals surface area contributed by atoms with Crippen LogP contribution in [0.4, 0.5) is 42.0 Å². The molecule has 0 aliphatic carbocycles. The molecule has 0 saturated carbocycles. The lowest BCUT2D eigenvalue weighted by molar-refractivity contribution is -0.137. The maximum Gasteiger partial charge on any atom is 0.416 e. The molecule has 2 aromatic carbocycles. The Kier molecular flexibility index (Phi) is 5.44. The molecule has 1 heterocycles. The van der Waals surface area contributed by atoms with Crippen molar-refractivity contribution in [2.75, 3.05) is 16.0 Å². The van der Waals surface area contributed by atoms with E-state index in [-0.39, 0.29) is 11.9 Å². The fraction of sp³-hybridized carbons (Fsp3) is 0.105. The van der Waals surface area contributed by atoms with Gasteiger partial charge in [0, 0.05) is 30.2 Å². The number of carbonyl (C=O) groups is 1. The van der Waals surface area contributed by atoms with Gasteiger partial charge >= 0.3 is 6.18 Å². The van der Waals surface area contributed by atoms with Crippen molar-refractivity contribution in [1.29, 1.82) is 0 Å². The highest BCUT2D eigenvalue weighted by Crippen LogP contribution is 2.30. The Balaban J connectivity index is 1.67. The molecular weight excluding hydrogens is 371 g/mol. The van der Waals surface area contributed by atoms with E-state index in [4.69, 9.17) is 0 Å². The molecule has 0 spiro atoms. The molecule has 9 heteroatoms. The molecule has 3 N–H and O–H groups in total. The zero-order chi connectivity index (χ0) is 20.1. The van der Waals surface area contributed by atoms with E-state index in [1.54, 1.807) is 30.3 Å². The second-order valence-corrected chi connectivity index (χ2v) is 5.85. The molecule has 1 aromatic heterocycles. The fourth-order valence-corrected chi connectivity index (χ4v) is 2.35. The molecular formula is C19H16F3N5O. The summed E-state index contributed by atoms with van der Waals surface area (Å²) in [7, 11) is 0. The van der Waals surface area contributed by atoms with Crippen LogP contribution < -0.4 is 16.0 Å². The van der Waals surface area contributed by atoms with Crippen LogP contribution in [0.1, 0.15) is 12.5 Å². The van der Waals surface area contributed by atoms with Gasteiger partial charge in [-0.05, 0) is 54.6 Å². The Morgan fingerprint density at radius 1 is 0.857 bits per heavy atom. The second-order valence-electron chi connectivity index (χ2n) is 5.85. The maximum atomic E-state index is 12.6. The first-order chi connectivity index (χ1) is 13.3. The molecule has 0 radical (unpaired) electrons. The third kappa shape index (κ3) is 5.19. The molecule has 144 valence electrons. The van der Waals surface area contributed by atoms with Crippen molar-refractivity contribution in [3.05, 3.63) is 66.4 Å². The summed E-state index contributed by atoms with van der Waals surface area (Å²) < 4.78 is 37.9. The first-order valence-corrected chi connectivity index (χ1v) is 8.21. The van der Waals surface area contributed by atoms with Crippen LogP contribution in [0.3, 0.4) is 0 Å². The highest BCUT2D eigenvalue weighted by atomic mass is 19.4. The summed E-state index contributed by atoms with van der Waals surface area (Å²) >= 11 is 0. The van der Waals surface area contributed by atoms with Crippen LogP contribution in [-0.4, -0.2) is 15.9 Å². The average molecular weight is 387 g/mol. The van der Waals surface area contributed by atoms with E-state index in [9.17, 15) is 18.0 Å². The summed E-state index contributed by atoms with van der Waals surface area (Å²) in [6.45, 7) is 1.43. The third-order valence-corrected chi connectivity index (χ3v) is 3.60. The monoisotopic (exact) mass is 387 g/mol. The molecule has 1 amide bonds. The summed E-state index contributed by atoms with van der Waals surface area (Å²) in [4.78, 5) is 19.4. The highest BCUT2D eigenvalue weighted by molar-refractivity contribution is 5.88. The molecule has 0 atom stereocenters. The normalized spacial score (nSPS) is 11.0. The van der Waals surface area contributed by atoms with Gasteiger partial charge in [-0.15, -0.1) is 0 Å². The molecule has 28 heavy (non-hydrogen) atoms. The Morgan fingerprint density at radius 3 is 2.04 bits per heavy atom. The molecule has 0 aliphatic rings. The summed E-state index contributed by atoms with van der Waals surface area (Å²) in [5.41, 5.74) is 1.13. The van der Waals surface area contributed by atoms with Crippen molar-refractivity contribution in [3.8, 4) is 0 Å². The predicted molar refractivity (Wildman–Crippen MR) is 101 cm³/mol.